The smallest absolute Gasteiger partial charge is 0.313 e. The van der Waals surface area contributed by atoms with Gasteiger partial charge in [0.05, 0.1) is 40.4 Å². The highest BCUT2D eigenvalue weighted by Gasteiger charge is 2.54. The van der Waals surface area contributed by atoms with Crippen LogP contribution >= 0.6 is 15.9 Å². The Balaban J connectivity index is 1.53. The SMILES string of the molecule is COc1cccc(F)c1C1=CC2(C(=O)O)CCC1(NC(=O)c1c(C)c(-c3ccccc3)nc3ccc(Br)cc13)CC2. The van der Waals surface area contributed by atoms with Crippen LogP contribution in [0.5, 0.6) is 5.75 Å². The third-order valence-electron chi connectivity index (χ3n) is 8.64. The first-order valence-electron chi connectivity index (χ1n) is 13.5. The van der Waals surface area contributed by atoms with Crippen LogP contribution in [0, 0.1) is 18.2 Å². The van der Waals surface area contributed by atoms with Crippen LogP contribution in [0.2, 0.25) is 0 Å². The number of nitrogens with one attached hydrogen (secondary N) is 1. The third-order valence-corrected chi connectivity index (χ3v) is 9.13. The highest BCUT2D eigenvalue weighted by Crippen LogP contribution is 2.56. The lowest BCUT2D eigenvalue weighted by Crippen LogP contribution is -2.57. The summed E-state index contributed by atoms with van der Waals surface area (Å²) in [7, 11) is 1.45. The molecule has 4 aromatic rings. The predicted molar refractivity (Wildman–Crippen MR) is 159 cm³/mol. The molecule has 41 heavy (non-hydrogen) atoms. The van der Waals surface area contributed by atoms with Crippen LogP contribution < -0.4 is 10.1 Å². The third kappa shape index (κ3) is 4.41. The van der Waals surface area contributed by atoms with Crippen molar-refractivity contribution in [3.8, 4) is 17.0 Å². The number of amides is 1. The predicted octanol–water partition coefficient (Wildman–Crippen LogP) is 7.33. The van der Waals surface area contributed by atoms with Crippen LogP contribution in [-0.2, 0) is 4.79 Å². The molecule has 2 N–H and O–H groups in total. The minimum absolute atomic E-state index is 0.185. The Bertz CT molecular complexity index is 1740. The zero-order chi connectivity index (χ0) is 28.9. The zero-order valence-corrected chi connectivity index (χ0v) is 24.2. The molecule has 208 valence electrons. The van der Waals surface area contributed by atoms with E-state index in [1.54, 1.807) is 18.2 Å². The number of pyridine rings is 1. The van der Waals surface area contributed by atoms with Crippen LogP contribution in [0.1, 0.15) is 47.2 Å². The van der Waals surface area contributed by atoms with Gasteiger partial charge in [0.15, 0.2) is 0 Å². The Morgan fingerprint density at radius 1 is 1.02 bits per heavy atom. The summed E-state index contributed by atoms with van der Waals surface area (Å²) in [5, 5.41) is 14.1. The number of halogens is 2. The molecule has 7 rings (SSSR count). The van der Waals surface area contributed by atoms with Gasteiger partial charge >= 0.3 is 5.97 Å². The number of carbonyl (C=O) groups excluding carboxylic acids is 1. The molecule has 3 aliphatic rings. The average Bonchev–Trinajstić information content (AvgIpc) is 2.97. The maximum Gasteiger partial charge on any atom is 0.313 e. The fraction of sp³-hybridized carbons (Fsp3) is 0.242. The van der Waals surface area contributed by atoms with Gasteiger partial charge < -0.3 is 15.2 Å². The number of carboxylic acids is 1. The number of hydrogen-bond acceptors (Lipinski definition) is 4. The molecule has 1 aromatic heterocycles. The largest absolute Gasteiger partial charge is 0.496 e. The number of carboxylic acid groups (broad SMARTS) is 1. The van der Waals surface area contributed by atoms with E-state index in [2.05, 4.69) is 21.2 Å². The van der Waals surface area contributed by atoms with Crippen molar-refractivity contribution < 1.29 is 23.8 Å². The number of fused-ring (bicyclic) bond motifs is 3. The van der Waals surface area contributed by atoms with E-state index in [0.29, 0.717) is 59.2 Å². The standard InChI is InChI=1S/C33H28BrFN2O4/c1-19-27(22-17-21(34)11-12-25(22)36-29(19)20-7-4-3-5-8-20)30(38)37-33-15-13-32(14-16-33,31(39)40)18-23(33)28-24(35)9-6-10-26(28)41-2/h3-12,17-18H,13-16H2,1-2H3,(H,37,38)(H,39,40). The molecule has 0 radical (unpaired) electrons. The highest BCUT2D eigenvalue weighted by atomic mass is 79.9. The van der Waals surface area contributed by atoms with Crippen molar-refractivity contribution in [2.75, 3.05) is 7.11 Å². The van der Waals surface area contributed by atoms with E-state index in [1.165, 1.54) is 13.2 Å². The van der Waals surface area contributed by atoms with Crippen molar-refractivity contribution in [1.29, 1.82) is 0 Å². The van der Waals surface area contributed by atoms with E-state index in [4.69, 9.17) is 9.72 Å². The number of nitrogens with zero attached hydrogens (tertiary/aromatic N) is 1. The number of methoxy groups -OCH3 is 1. The minimum Gasteiger partial charge on any atom is -0.496 e. The summed E-state index contributed by atoms with van der Waals surface area (Å²) < 4.78 is 21.8. The maximum atomic E-state index is 15.5. The number of rotatable bonds is 6. The summed E-state index contributed by atoms with van der Waals surface area (Å²) in [5.41, 5.74) is 1.98. The zero-order valence-electron chi connectivity index (χ0n) is 22.6. The van der Waals surface area contributed by atoms with Crippen LogP contribution in [0.3, 0.4) is 0 Å². The van der Waals surface area contributed by atoms with E-state index >= 15 is 4.39 Å². The Hall–Kier alpha value is -4.04. The summed E-state index contributed by atoms with van der Waals surface area (Å²) in [4.78, 5) is 31.8. The Morgan fingerprint density at radius 2 is 1.76 bits per heavy atom. The Morgan fingerprint density at radius 3 is 2.44 bits per heavy atom. The lowest BCUT2D eigenvalue weighted by molar-refractivity contribution is -0.148. The number of benzene rings is 3. The van der Waals surface area contributed by atoms with Gasteiger partial charge in [0.1, 0.15) is 11.6 Å². The molecule has 0 unspecified atom stereocenters. The maximum absolute atomic E-state index is 15.5. The van der Waals surface area contributed by atoms with Gasteiger partial charge in [-0.1, -0.05) is 58.4 Å². The normalized spacial score (nSPS) is 21.4. The van der Waals surface area contributed by atoms with Gasteiger partial charge in [0, 0.05) is 15.4 Å². The van der Waals surface area contributed by atoms with E-state index < -0.39 is 22.7 Å². The van der Waals surface area contributed by atoms with E-state index in [9.17, 15) is 14.7 Å². The fourth-order valence-electron chi connectivity index (χ4n) is 6.45. The molecule has 1 amide bonds. The topological polar surface area (TPSA) is 88.5 Å². The van der Waals surface area contributed by atoms with Crippen LogP contribution in [0.4, 0.5) is 4.39 Å². The highest BCUT2D eigenvalue weighted by molar-refractivity contribution is 9.10. The molecule has 1 saturated carbocycles. The molecule has 2 bridgehead atoms. The summed E-state index contributed by atoms with van der Waals surface area (Å²) in [5.74, 6) is -1.51. The second kappa shape index (κ2) is 10.1. The molecule has 0 spiro atoms. The number of aliphatic carboxylic acids is 1. The first-order valence-corrected chi connectivity index (χ1v) is 14.2. The summed E-state index contributed by atoms with van der Waals surface area (Å²) in [6.45, 7) is 1.89. The van der Waals surface area contributed by atoms with Crippen LogP contribution in [0.15, 0.2) is 77.3 Å². The first-order chi connectivity index (χ1) is 19.7. The molecule has 6 nitrogen and oxygen atoms in total. The monoisotopic (exact) mass is 614 g/mol. The van der Waals surface area contributed by atoms with E-state index in [-0.39, 0.29) is 11.5 Å². The minimum atomic E-state index is -1.13. The molecular formula is C33H28BrFN2O4. The molecule has 0 atom stereocenters. The number of hydrogen-bond donors (Lipinski definition) is 2. The van der Waals surface area contributed by atoms with Crippen molar-refractivity contribution in [2.24, 2.45) is 5.41 Å². The second-order valence-corrected chi connectivity index (χ2v) is 11.8. The van der Waals surface area contributed by atoms with Gasteiger partial charge in [-0.25, -0.2) is 9.37 Å². The van der Waals surface area contributed by atoms with Crippen LogP contribution in [0.25, 0.3) is 27.7 Å². The van der Waals surface area contributed by atoms with E-state index in [1.807, 2.05) is 55.5 Å². The first kappa shape index (κ1) is 27.1. The van der Waals surface area contributed by atoms with Gasteiger partial charge in [0.2, 0.25) is 0 Å². The van der Waals surface area contributed by atoms with Gasteiger partial charge in [-0.05, 0) is 74.1 Å². The van der Waals surface area contributed by atoms with Gasteiger partial charge in [-0.2, -0.15) is 0 Å². The van der Waals surface area contributed by atoms with Gasteiger partial charge in [-0.3, -0.25) is 9.59 Å². The molecule has 1 heterocycles. The van der Waals surface area contributed by atoms with Gasteiger partial charge in [-0.15, -0.1) is 0 Å². The molecule has 3 aromatic carbocycles. The summed E-state index contributed by atoms with van der Waals surface area (Å²) in [6.07, 6.45) is 3.02. The van der Waals surface area contributed by atoms with Crippen molar-refractivity contribution in [3.05, 3.63) is 99.8 Å². The van der Waals surface area contributed by atoms with Crippen molar-refractivity contribution >= 4 is 44.3 Å². The van der Waals surface area contributed by atoms with Crippen molar-refractivity contribution in [3.63, 3.8) is 0 Å². The number of aromatic nitrogens is 1. The average molecular weight is 615 g/mol. The van der Waals surface area contributed by atoms with E-state index in [0.717, 1.165) is 15.6 Å². The van der Waals surface area contributed by atoms with Gasteiger partial charge in [0.25, 0.3) is 5.91 Å². The number of carbonyl (C=O) groups is 2. The Labute approximate surface area is 245 Å². The molecular weight excluding hydrogens is 587 g/mol. The fourth-order valence-corrected chi connectivity index (χ4v) is 6.81. The molecule has 3 aliphatic carbocycles. The second-order valence-electron chi connectivity index (χ2n) is 10.9. The summed E-state index contributed by atoms with van der Waals surface area (Å²) >= 11 is 3.54. The molecule has 1 fully saturated rings. The molecule has 8 heteroatoms. The Kier molecular flexibility index (Phi) is 6.69. The number of ether oxygens (including phenoxy) is 1. The van der Waals surface area contributed by atoms with Crippen molar-refractivity contribution in [1.82, 2.24) is 10.3 Å². The molecule has 0 saturated heterocycles. The quantitative estimate of drug-likeness (QED) is 0.237. The molecule has 0 aliphatic heterocycles. The van der Waals surface area contributed by atoms with Crippen LogP contribution in [-0.4, -0.2) is 34.6 Å². The van der Waals surface area contributed by atoms with Crippen molar-refractivity contribution in [2.45, 2.75) is 38.1 Å². The lowest BCUT2D eigenvalue weighted by Gasteiger charge is -2.51. The summed E-state index contributed by atoms with van der Waals surface area (Å²) in [6, 6.07) is 19.9. The lowest BCUT2D eigenvalue weighted by atomic mass is 9.57.